The van der Waals surface area contributed by atoms with E-state index in [2.05, 4.69) is 15.8 Å². The highest BCUT2D eigenvalue weighted by molar-refractivity contribution is 6.33. The molecule has 0 radical (unpaired) electrons. The molecule has 0 aromatic heterocycles. The van der Waals surface area contributed by atoms with Crippen LogP contribution in [0.15, 0.2) is 47.6 Å². The van der Waals surface area contributed by atoms with Crippen molar-refractivity contribution in [3.05, 3.63) is 53.1 Å². The third kappa shape index (κ3) is 6.63. The van der Waals surface area contributed by atoms with E-state index in [9.17, 15) is 9.59 Å². The van der Waals surface area contributed by atoms with Gasteiger partial charge in [0.1, 0.15) is 12.0 Å². The SMILES string of the molecule is CCc1cccc(NC(=O)CO/N=C\C(=O)Nc2cc(Cl)ccc2OC)c1. The Balaban J connectivity index is 1.80. The fourth-order valence-electron chi connectivity index (χ4n) is 2.19. The number of methoxy groups -OCH3 is 1. The topological polar surface area (TPSA) is 89.0 Å². The van der Waals surface area contributed by atoms with Crippen molar-refractivity contribution in [1.29, 1.82) is 0 Å². The van der Waals surface area contributed by atoms with Crippen molar-refractivity contribution in [2.45, 2.75) is 13.3 Å². The number of aryl methyl sites for hydroxylation is 1. The Kier molecular flexibility index (Phi) is 7.63. The highest BCUT2D eigenvalue weighted by Gasteiger charge is 2.07. The number of benzene rings is 2. The van der Waals surface area contributed by atoms with Crippen LogP contribution in [0.1, 0.15) is 12.5 Å². The van der Waals surface area contributed by atoms with Gasteiger partial charge in [0, 0.05) is 10.7 Å². The quantitative estimate of drug-likeness (QED) is 0.534. The van der Waals surface area contributed by atoms with E-state index in [-0.39, 0.29) is 12.5 Å². The Hall–Kier alpha value is -3.06. The van der Waals surface area contributed by atoms with Gasteiger partial charge in [-0.15, -0.1) is 0 Å². The van der Waals surface area contributed by atoms with Gasteiger partial charge in [-0.2, -0.15) is 0 Å². The Morgan fingerprint density at radius 3 is 2.74 bits per heavy atom. The number of amides is 2. The standard InChI is InChI=1S/C19H20ClN3O4/c1-3-13-5-4-6-15(9-13)22-19(25)12-27-21-11-18(24)23-16-10-14(20)7-8-17(16)26-2/h4-11H,3,12H2,1-2H3,(H,22,25)(H,23,24)/b21-11-. The number of carbonyl (C=O) groups excluding carboxylic acids is 2. The third-order valence-electron chi connectivity index (χ3n) is 3.48. The second-order valence-corrected chi connectivity index (χ2v) is 5.88. The molecule has 2 aromatic rings. The predicted octanol–water partition coefficient (Wildman–Crippen LogP) is 3.49. The molecule has 2 N–H and O–H groups in total. The lowest BCUT2D eigenvalue weighted by Crippen LogP contribution is -2.18. The van der Waals surface area contributed by atoms with Crippen molar-refractivity contribution < 1.29 is 19.2 Å². The normalized spacial score (nSPS) is 10.5. The Bertz CT molecular complexity index is 839. The monoisotopic (exact) mass is 389 g/mol. The maximum Gasteiger partial charge on any atom is 0.270 e. The van der Waals surface area contributed by atoms with E-state index in [1.807, 2.05) is 25.1 Å². The summed E-state index contributed by atoms with van der Waals surface area (Å²) < 4.78 is 5.13. The summed E-state index contributed by atoms with van der Waals surface area (Å²) in [6.07, 6.45) is 1.79. The minimum Gasteiger partial charge on any atom is -0.495 e. The van der Waals surface area contributed by atoms with Crippen molar-refractivity contribution in [2.75, 3.05) is 24.4 Å². The molecule has 0 aliphatic rings. The summed E-state index contributed by atoms with van der Waals surface area (Å²) in [5.74, 6) is -0.473. The number of anilines is 2. The highest BCUT2D eigenvalue weighted by Crippen LogP contribution is 2.27. The second kappa shape index (κ2) is 10.2. The number of nitrogens with one attached hydrogen (secondary N) is 2. The van der Waals surface area contributed by atoms with Crippen LogP contribution >= 0.6 is 11.6 Å². The van der Waals surface area contributed by atoms with Gasteiger partial charge >= 0.3 is 0 Å². The molecular weight excluding hydrogens is 370 g/mol. The van der Waals surface area contributed by atoms with Crippen molar-refractivity contribution in [3.8, 4) is 5.75 Å². The Morgan fingerprint density at radius 1 is 1.19 bits per heavy atom. The average molecular weight is 390 g/mol. The van der Waals surface area contributed by atoms with Crippen LogP contribution in [0.3, 0.4) is 0 Å². The molecule has 0 fully saturated rings. The van der Waals surface area contributed by atoms with Gasteiger partial charge in [0.25, 0.3) is 11.8 Å². The van der Waals surface area contributed by atoms with E-state index in [4.69, 9.17) is 21.2 Å². The second-order valence-electron chi connectivity index (χ2n) is 5.44. The van der Waals surface area contributed by atoms with E-state index in [0.717, 1.165) is 18.2 Å². The van der Waals surface area contributed by atoms with Gasteiger partial charge in [-0.05, 0) is 42.3 Å². The van der Waals surface area contributed by atoms with Crippen molar-refractivity contribution in [3.63, 3.8) is 0 Å². The van der Waals surface area contributed by atoms with Gasteiger partial charge < -0.3 is 20.2 Å². The van der Waals surface area contributed by atoms with Gasteiger partial charge in [-0.25, -0.2) is 0 Å². The van der Waals surface area contributed by atoms with Crippen molar-refractivity contribution >= 4 is 41.0 Å². The molecule has 0 saturated heterocycles. The lowest BCUT2D eigenvalue weighted by atomic mass is 10.1. The zero-order valence-electron chi connectivity index (χ0n) is 15.0. The molecule has 2 amide bonds. The first-order valence-electron chi connectivity index (χ1n) is 8.20. The molecule has 2 aromatic carbocycles. The maximum atomic E-state index is 11.9. The molecule has 8 heteroatoms. The van der Waals surface area contributed by atoms with E-state index < -0.39 is 5.91 Å². The number of nitrogens with zero attached hydrogens (tertiary/aromatic N) is 1. The molecule has 2 rings (SSSR count). The lowest BCUT2D eigenvalue weighted by molar-refractivity contribution is -0.120. The number of ether oxygens (including phenoxy) is 1. The molecule has 0 spiro atoms. The molecule has 0 saturated carbocycles. The summed E-state index contributed by atoms with van der Waals surface area (Å²) in [5, 5.41) is 9.20. The van der Waals surface area contributed by atoms with Gasteiger partial charge in [-0.3, -0.25) is 9.59 Å². The molecule has 0 bridgehead atoms. The van der Waals surface area contributed by atoms with Crippen LogP contribution in [0.2, 0.25) is 5.02 Å². The number of hydrogen-bond acceptors (Lipinski definition) is 5. The molecule has 0 aliphatic heterocycles. The van der Waals surface area contributed by atoms with Crippen LogP contribution < -0.4 is 15.4 Å². The Morgan fingerprint density at radius 2 is 2.00 bits per heavy atom. The zero-order valence-corrected chi connectivity index (χ0v) is 15.7. The number of hydrogen-bond donors (Lipinski definition) is 2. The predicted molar refractivity (Wildman–Crippen MR) is 106 cm³/mol. The first-order valence-corrected chi connectivity index (χ1v) is 8.58. The summed E-state index contributed by atoms with van der Waals surface area (Å²) >= 11 is 5.89. The summed E-state index contributed by atoms with van der Waals surface area (Å²) in [6, 6.07) is 12.3. The van der Waals surface area contributed by atoms with Crippen LogP contribution in [-0.4, -0.2) is 31.7 Å². The van der Waals surface area contributed by atoms with E-state index in [1.165, 1.54) is 7.11 Å². The molecule has 0 aliphatic carbocycles. The van der Waals surface area contributed by atoms with Crippen LogP contribution in [0.5, 0.6) is 5.75 Å². The smallest absolute Gasteiger partial charge is 0.270 e. The Labute approximate surface area is 162 Å². The number of halogens is 1. The summed E-state index contributed by atoms with van der Waals surface area (Å²) in [5.41, 5.74) is 2.19. The van der Waals surface area contributed by atoms with Gasteiger partial charge in [-0.1, -0.05) is 35.8 Å². The van der Waals surface area contributed by atoms with Crippen LogP contribution in [0.25, 0.3) is 0 Å². The third-order valence-corrected chi connectivity index (χ3v) is 3.71. The van der Waals surface area contributed by atoms with Crippen LogP contribution in [0.4, 0.5) is 11.4 Å². The van der Waals surface area contributed by atoms with E-state index in [1.54, 1.807) is 24.3 Å². The number of oxime groups is 1. The number of rotatable bonds is 8. The summed E-state index contributed by atoms with van der Waals surface area (Å²) in [6.45, 7) is 1.71. The fourth-order valence-corrected chi connectivity index (χ4v) is 2.36. The molecule has 7 nitrogen and oxygen atoms in total. The zero-order chi connectivity index (χ0) is 19.6. The van der Waals surface area contributed by atoms with Crippen molar-refractivity contribution in [1.82, 2.24) is 0 Å². The molecule has 0 heterocycles. The molecular formula is C19H20ClN3O4. The van der Waals surface area contributed by atoms with Gasteiger partial charge in [0.15, 0.2) is 6.61 Å². The largest absolute Gasteiger partial charge is 0.495 e. The lowest BCUT2D eigenvalue weighted by Gasteiger charge is -2.08. The molecule has 0 unspecified atom stereocenters. The highest BCUT2D eigenvalue weighted by atomic mass is 35.5. The first kappa shape index (κ1) is 20.3. The minimum atomic E-state index is -0.549. The van der Waals surface area contributed by atoms with Gasteiger partial charge in [0.2, 0.25) is 0 Å². The molecule has 27 heavy (non-hydrogen) atoms. The average Bonchev–Trinajstić information content (AvgIpc) is 2.65. The van der Waals surface area contributed by atoms with E-state index in [0.29, 0.717) is 22.1 Å². The fraction of sp³-hybridized carbons (Fsp3) is 0.211. The summed E-state index contributed by atoms with van der Waals surface area (Å²) in [7, 11) is 1.48. The maximum absolute atomic E-state index is 11.9. The van der Waals surface area contributed by atoms with Crippen LogP contribution in [0, 0.1) is 0 Å². The van der Waals surface area contributed by atoms with Gasteiger partial charge in [0.05, 0.1) is 12.8 Å². The first-order chi connectivity index (χ1) is 13.0. The summed E-state index contributed by atoms with van der Waals surface area (Å²) in [4.78, 5) is 28.5. The molecule has 142 valence electrons. The minimum absolute atomic E-state index is 0.319. The van der Waals surface area contributed by atoms with Crippen LogP contribution in [-0.2, 0) is 20.8 Å². The van der Waals surface area contributed by atoms with Crippen molar-refractivity contribution in [2.24, 2.45) is 5.16 Å². The van der Waals surface area contributed by atoms with E-state index >= 15 is 0 Å². The number of carbonyl (C=O) groups is 2. The molecule has 0 atom stereocenters.